The normalized spacial score (nSPS) is 21.1. The maximum atomic E-state index is 14.7. The van der Waals surface area contributed by atoms with Gasteiger partial charge in [-0.05, 0) is 49.3 Å². The molecular weight excluding hydrogens is 704 g/mol. The van der Waals surface area contributed by atoms with E-state index in [2.05, 4.69) is 21.3 Å². The van der Waals surface area contributed by atoms with E-state index in [1.165, 1.54) is 15.5 Å². The average Bonchev–Trinajstić information content (AvgIpc) is 3.61. The summed E-state index contributed by atoms with van der Waals surface area (Å²) < 4.78 is 1.43. The number of aryl methyl sites for hydroxylation is 1. The number of amides is 5. The highest BCUT2D eigenvalue weighted by atomic mass is 16.4. The van der Waals surface area contributed by atoms with Crippen molar-refractivity contribution >= 4 is 46.4 Å². The molecule has 3 aromatic carbocycles. The van der Waals surface area contributed by atoms with Crippen molar-refractivity contribution in [1.82, 2.24) is 30.7 Å². The standard InChI is InChI=1S/C41H44N6O8/c1-46-32-18-9-8-16-28(32)29(23-35(46)49)37(50)43-27-22-33-38(51)45-31(41(54)55)19-20-34(48)42-21-11-10-17-30(40(53)47(33)24-27)44-39(52)36(25-12-4-2-5-13-25)26-14-6-3-7-15-26/h2-9,12-16,18,23,27,30-31,33,36H,10-11,17,19-22,24H2,1H3,(H,42,48)(H,43,50)(H,44,52)(H,45,51)(H,54,55)/t27-,30+,31+,33+/m1/s1. The Morgan fingerprint density at radius 1 is 0.836 bits per heavy atom. The number of hydrogen-bond acceptors (Lipinski definition) is 7. The molecule has 0 saturated carbocycles. The Morgan fingerprint density at radius 2 is 1.49 bits per heavy atom. The molecule has 5 N–H and O–H groups in total. The lowest BCUT2D eigenvalue weighted by Crippen LogP contribution is -2.55. The zero-order valence-corrected chi connectivity index (χ0v) is 30.4. The molecule has 2 fully saturated rings. The van der Waals surface area contributed by atoms with Crippen LogP contribution in [0.5, 0.6) is 0 Å². The number of carboxylic acids is 1. The summed E-state index contributed by atoms with van der Waals surface area (Å²) in [5, 5.41) is 21.6. The molecule has 0 unspecified atom stereocenters. The Kier molecular flexibility index (Phi) is 12.0. The van der Waals surface area contributed by atoms with Crippen LogP contribution in [0.25, 0.3) is 10.9 Å². The van der Waals surface area contributed by atoms with E-state index in [1.807, 2.05) is 60.7 Å². The molecule has 4 atom stereocenters. The van der Waals surface area contributed by atoms with Gasteiger partial charge in [0.2, 0.25) is 23.6 Å². The van der Waals surface area contributed by atoms with Crippen LogP contribution in [0.1, 0.15) is 65.9 Å². The van der Waals surface area contributed by atoms with Gasteiger partial charge in [0.1, 0.15) is 18.1 Å². The number of fused-ring (bicyclic) bond motifs is 2. The van der Waals surface area contributed by atoms with E-state index in [0.717, 1.165) is 0 Å². The zero-order chi connectivity index (χ0) is 39.1. The van der Waals surface area contributed by atoms with Crippen molar-refractivity contribution in [1.29, 1.82) is 0 Å². The number of nitrogens with zero attached hydrogens (tertiary/aromatic N) is 2. The number of carbonyl (C=O) groups excluding carboxylic acids is 5. The molecule has 5 amide bonds. The van der Waals surface area contributed by atoms with Crippen LogP contribution in [0, 0.1) is 0 Å². The van der Waals surface area contributed by atoms with Crippen molar-refractivity contribution in [3.63, 3.8) is 0 Å². The molecule has 0 aliphatic carbocycles. The molecule has 2 aliphatic rings. The van der Waals surface area contributed by atoms with Gasteiger partial charge >= 0.3 is 5.97 Å². The van der Waals surface area contributed by atoms with Gasteiger partial charge < -0.3 is 35.8 Å². The number of aliphatic carboxylic acids is 1. The average molecular weight is 749 g/mol. The van der Waals surface area contributed by atoms with E-state index >= 15 is 0 Å². The highest BCUT2D eigenvalue weighted by molar-refractivity contribution is 6.06. The number of benzene rings is 3. The molecule has 6 rings (SSSR count). The van der Waals surface area contributed by atoms with Gasteiger partial charge in [0, 0.05) is 44.1 Å². The van der Waals surface area contributed by atoms with Gasteiger partial charge in [0.25, 0.3) is 11.5 Å². The van der Waals surface area contributed by atoms with Gasteiger partial charge in [-0.15, -0.1) is 0 Å². The maximum Gasteiger partial charge on any atom is 0.326 e. The van der Waals surface area contributed by atoms with Crippen LogP contribution in [0.4, 0.5) is 0 Å². The summed E-state index contributed by atoms with van der Waals surface area (Å²) in [5.74, 6) is -4.85. The van der Waals surface area contributed by atoms with Crippen LogP contribution < -0.4 is 26.8 Å². The highest BCUT2D eigenvalue weighted by Crippen LogP contribution is 2.27. The van der Waals surface area contributed by atoms with Crippen LogP contribution in [0.15, 0.2) is 95.8 Å². The van der Waals surface area contributed by atoms with Crippen molar-refractivity contribution < 1.29 is 33.9 Å². The van der Waals surface area contributed by atoms with Crippen molar-refractivity contribution in [3.05, 3.63) is 118 Å². The Balaban J connectivity index is 1.32. The molecule has 0 radical (unpaired) electrons. The van der Waals surface area contributed by atoms with Crippen molar-refractivity contribution in [2.75, 3.05) is 13.1 Å². The molecule has 14 heteroatoms. The molecule has 55 heavy (non-hydrogen) atoms. The molecule has 1 aromatic heterocycles. The van der Waals surface area contributed by atoms with Crippen LogP contribution in [-0.2, 0) is 31.0 Å². The van der Waals surface area contributed by atoms with Gasteiger partial charge in [0.15, 0.2) is 0 Å². The zero-order valence-electron chi connectivity index (χ0n) is 30.4. The number of carboxylic acid groups (broad SMARTS) is 1. The SMILES string of the molecule is Cn1c(=O)cc(C(=O)N[C@@H]2C[C@H]3C(=O)N[C@H](C(=O)O)CCC(=O)NCCCC[C@H](NC(=O)C(c4ccccc4)c4ccccc4)C(=O)N3C2)c2ccccc21. The van der Waals surface area contributed by atoms with Crippen molar-refractivity contribution in [2.24, 2.45) is 7.05 Å². The van der Waals surface area contributed by atoms with Crippen LogP contribution in [-0.4, -0.2) is 87.3 Å². The summed E-state index contributed by atoms with van der Waals surface area (Å²) in [5.41, 5.74) is 1.70. The third kappa shape index (κ3) is 8.91. The Bertz CT molecular complexity index is 2100. The summed E-state index contributed by atoms with van der Waals surface area (Å²) >= 11 is 0. The summed E-state index contributed by atoms with van der Waals surface area (Å²) in [4.78, 5) is 95.4. The Morgan fingerprint density at radius 3 is 2.16 bits per heavy atom. The largest absolute Gasteiger partial charge is 0.480 e. The van der Waals surface area contributed by atoms with Crippen molar-refractivity contribution in [3.8, 4) is 0 Å². The first-order valence-corrected chi connectivity index (χ1v) is 18.4. The molecule has 0 bridgehead atoms. The monoisotopic (exact) mass is 748 g/mol. The second kappa shape index (κ2) is 17.2. The van der Waals surface area contributed by atoms with E-state index in [4.69, 9.17) is 0 Å². The topological polar surface area (TPSA) is 196 Å². The fourth-order valence-electron chi connectivity index (χ4n) is 7.38. The summed E-state index contributed by atoms with van der Waals surface area (Å²) in [6.45, 7) is 0.141. The second-order valence-electron chi connectivity index (χ2n) is 14.0. The Hall–Kier alpha value is -6.31. The number of hydrogen-bond donors (Lipinski definition) is 5. The third-order valence-corrected chi connectivity index (χ3v) is 10.3. The van der Waals surface area contributed by atoms with Gasteiger partial charge in [-0.25, -0.2) is 4.79 Å². The Labute approximate surface area is 317 Å². The lowest BCUT2D eigenvalue weighted by Gasteiger charge is -2.30. The summed E-state index contributed by atoms with van der Waals surface area (Å²) in [7, 11) is 1.60. The van der Waals surface area contributed by atoms with E-state index in [1.54, 1.807) is 31.3 Å². The molecule has 14 nitrogen and oxygen atoms in total. The van der Waals surface area contributed by atoms with Crippen LogP contribution >= 0.6 is 0 Å². The molecule has 0 spiro atoms. The van der Waals surface area contributed by atoms with Crippen LogP contribution in [0.2, 0.25) is 0 Å². The first kappa shape index (κ1) is 38.4. The predicted octanol–water partition coefficient (Wildman–Crippen LogP) is 2.20. The number of pyridine rings is 1. The highest BCUT2D eigenvalue weighted by Gasteiger charge is 2.44. The lowest BCUT2D eigenvalue weighted by molar-refractivity contribution is -0.145. The fraction of sp³-hybridized carbons (Fsp3) is 0.341. The molecule has 2 aliphatic heterocycles. The first-order valence-electron chi connectivity index (χ1n) is 18.4. The van der Waals surface area contributed by atoms with E-state index in [-0.39, 0.29) is 50.2 Å². The molecule has 286 valence electrons. The number of rotatable bonds is 7. The quantitative estimate of drug-likeness (QED) is 0.190. The molecule has 3 heterocycles. The van der Waals surface area contributed by atoms with E-state index < -0.39 is 65.2 Å². The lowest BCUT2D eigenvalue weighted by atomic mass is 9.90. The summed E-state index contributed by atoms with van der Waals surface area (Å²) in [6.07, 6.45) is 0.677. The van der Waals surface area contributed by atoms with Gasteiger partial charge in [-0.2, -0.15) is 0 Å². The molecular formula is C41H44N6O8. The number of nitrogens with one attached hydrogen (secondary N) is 4. The van der Waals surface area contributed by atoms with Crippen molar-refractivity contribution in [2.45, 2.75) is 68.6 Å². The smallest absolute Gasteiger partial charge is 0.326 e. The van der Waals surface area contributed by atoms with Gasteiger partial charge in [-0.1, -0.05) is 78.9 Å². The fourth-order valence-corrected chi connectivity index (χ4v) is 7.38. The molecule has 2 saturated heterocycles. The van der Waals surface area contributed by atoms with E-state index in [0.29, 0.717) is 34.9 Å². The first-order chi connectivity index (χ1) is 26.5. The maximum absolute atomic E-state index is 14.7. The second-order valence-corrected chi connectivity index (χ2v) is 14.0. The summed E-state index contributed by atoms with van der Waals surface area (Å²) in [6, 6.07) is 21.9. The minimum absolute atomic E-state index is 0.0732. The van der Waals surface area contributed by atoms with Gasteiger partial charge in [0.05, 0.1) is 17.0 Å². The van der Waals surface area contributed by atoms with Crippen LogP contribution in [0.3, 0.4) is 0 Å². The minimum atomic E-state index is -1.42. The minimum Gasteiger partial charge on any atom is -0.480 e. The predicted molar refractivity (Wildman–Crippen MR) is 203 cm³/mol. The number of aromatic nitrogens is 1. The van der Waals surface area contributed by atoms with E-state index in [9.17, 15) is 38.7 Å². The number of carbonyl (C=O) groups is 6. The number of para-hydroxylation sites is 1. The molecule has 4 aromatic rings. The third-order valence-electron chi connectivity index (χ3n) is 10.3. The van der Waals surface area contributed by atoms with Gasteiger partial charge in [-0.3, -0.25) is 28.8 Å².